The third kappa shape index (κ3) is 3.86. The topological polar surface area (TPSA) is 9.23 Å². The van der Waals surface area contributed by atoms with E-state index in [1.807, 2.05) is 0 Å². The zero-order chi connectivity index (χ0) is 21.4. The van der Waals surface area contributed by atoms with E-state index in [0.29, 0.717) is 23.3 Å². The molecule has 0 bridgehead atoms. The summed E-state index contributed by atoms with van der Waals surface area (Å²) in [7, 11) is 1.13. The number of benzene rings is 2. The molecule has 160 valence electrons. The van der Waals surface area contributed by atoms with Crippen LogP contribution in [0.4, 0.5) is 17.6 Å². The number of allylic oxidation sites excluding steroid dienone is 1. The molecule has 2 fully saturated rings. The molecule has 0 saturated heterocycles. The van der Waals surface area contributed by atoms with E-state index in [2.05, 4.69) is 17.4 Å². The normalized spacial score (nSPS) is 26.2. The van der Waals surface area contributed by atoms with E-state index >= 15 is 0 Å². The van der Waals surface area contributed by atoms with Gasteiger partial charge in [-0.2, -0.15) is 0 Å². The number of methoxy groups -OCH3 is 1. The summed E-state index contributed by atoms with van der Waals surface area (Å²) < 4.78 is 62.5. The molecule has 1 nitrogen and oxygen atoms in total. The first-order valence-corrected chi connectivity index (χ1v) is 10.6. The third-order valence-electron chi connectivity index (χ3n) is 7.01. The quantitative estimate of drug-likeness (QED) is 0.371. The number of fused-ring (bicyclic) bond motifs is 1. The van der Waals surface area contributed by atoms with Crippen molar-refractivity contribution in [3.05, 3.63) is 65.8 Å². The molecule has 0 spiro atoms. The van der Waals surface area contributed by atoms with Crippen LogP contribution in [0, 0.1) is 41.0 Å². The number of rotatable bonds is 4. The summed E-state index contributed by atoms with van der Waals surface area (Å²) in [5.41, 5.74) is 0.0330. The molecular weight excluding hydrogens is 392 g/mol. The Hall–Kier alpha value is -2.30. The van der Waals surface area contributed by atoms with Crippen LogP contribution in [0.25, 0.3) is 11.1 Å². The smallest absolute Gasteiger partial charge is 0.190 e. The Morgan fingerprint density at radius 1 is 0.833 bits per heavy atom. The average Bonchev–Trinajstić information content (AvgIpc) is 2.72. The number of halogens is 4. The van der Waals surface area contributed by atoms with Crippen LogP contribution in [-0.4, -0.2) is 7.11 Å². The number of hydrogen-bond acceptors (Lipinski definition) is 1. The largest absolute Gasteiger partial charge is 0.491 e. The van der Waals surface area contributed by atoms with Crippen molar-refractivity contribution < 1.29 is 22.3 Å². The molecule has 0 amide bonds. The van der Waals surface area contributed by atoms with Gasteiger partial charge in [0.15, 0.2) is 17.4 Å². The van der Waals surface area contributed by atoms with Crippen LogP contribution in [0.15, 0.2) is 36.9 Å². The monoisotopic (exact) mass is 418 g/mol. The molecule has 0 aliphatic heterocycles. The minimum atomic E-state index is -0.996. The average molecular weight is 418 g/mol. The third-order valence-corrected chi connectivity index (χ3v) is 7.01. The van der Waals surface area contributed by atoms with Gasteiger partial charge in [-0.1, -0.05) is 6.08 Å². The van der Waals surface area contributed by atoms with E-state index < -0.39 is 34.6 Å². The second kappa shape index (κ2) is 8.44. The molecule has 30 heavy (non-hydrogen) atoms. The fourth-order valence-corrected chi connectivity index (χ4v) is 5.45. The highest BCUT2D eigenvalue weighted by Crippen LogP contribution is 2.48. The first kappa shape index (κ1) is 21.0. The van der Waals surface area contributed by atoms with E-state index in [0.717, 1.165) is 57.8 Å². The van der Waals surface area contributed by atoms with E-state index in [-0.39, 0.29) is 11.5 Å². The van der Waals surface area contributed by atoms with Gasteiger partial charge in [0, 0.05) is 0 Å². The molecule has 0 N–H and O–H groups in total. The Labute approximate surface area is 174 Å². The maximum absolute atomic E-state index is 14.9. The number of ether oxygens (including phenoxy) is 1. The zero-order valence-electron chi connectivity index (χ0n) is 17.1. The Morgan fingerprint density at radius 2 is 1.43 bits per heavy atom. The van der Waals surface area contributed by atoms with E-state index in [4.69, 9.17) is 0 Å². The van der Waals surface area contributed by atoms with E-state index in [9.17, 15) is 17.6 Å². The van der Waals surface area contributed by atoms with Gasteiger partial charge in [-0.3, -0.25) is 0 Å². The van der Waals surface area contributed by atoms with Crippen molar-refractivity contribution in [1.82, 2.24) is 0 Å². The molecule has 2 aliphatic rings. The fourth-order valence-electron chi connectivity index (χ4n) is 5.45. The van der Waals surface area contributed by atoms with Crippen molar-refractivity contribution in [2.24, 2.45) is 17.8 Å². The summed E-state index contributed by atoms with van der Waals surface area (Å²) in [6.07, 6.45) is 8.36. The maximum atomic E-state index is 14.9. The molecule has 4 atom stereocenters. The predicted molar refractivity (Wildman–Crippen MR) is 109 cm³/mol. The summed E-state index contributed by atoms with van der Waals surface area (Å²) in [5, 5.41) is 0. The lowest BCUT2D eigenvalue weighted by molar-refractivity contribution is 0.133. The van der Waals surface area contributed by atoms with Crippen molar-refractivity contribution in [1.29, 1.82) is 0 Å². The van der Waals surface area contributed by atoms with E-state index in [1.165, 1.54) is 12.1 Å². The minimum absolute atomic E-state index is 0.105. The molecule has 0 aromatic heterocycles. The SMILES string of the molecule is C=CC1CCC2CC(c3cc(F)c(-c4cc(F)c(OC)c(F)c4)c(F)c3)CCC2C1. The molecule has 0 radical (unpaired) electrons. The Morgan fingerprint density at radius 3 is 2.03 bits per heavy atom. The highest BCUT2D eigenvalue weighted by Gasteiger charge is 2.35. The second-order valence-electron chi connectivity index (χ2n) is 8.67. The standard InChI is InChI=1S/C25H26F4O/c1-3-14-4-5-16-9-17(7-6-15(16)8-14)18-10-20(26)24(21(27)11-18)19-12-22(28)25(30-2)23(29)13-19/h3,10-17H,1,4-9H2,2H3. The molecule has 2 aromatic carbocycles. The lowest BCUT2D eigenvalue weighted by atomic mass is 9.64. The van der Waals surface area contributed by atoms with Gasteiger partial charge in [0.1, 0.15) is 11.6 Å². The molecule has 2 saturated carbocycles. The Balaban J connectivity index is 1.59. The van der Waals surface area contributed by atoms with Crippen LogP contribution in [0.5, 0.6) is 5.75 Å². The summed E-state index contributed by atoms with van der Waals surface area (Å²) in [5.74, 6) is -2.23. The molecule has 4 rings (SSSR count). The maximum Gasteiger partial charge on any atom is 0.190 e. The van der Waals surface area contributed by atoms with Crippen LogP contribution in [0.1, 0.15) is 50.0 Å². The summed E-state index contributed by atoms with van der Waals surface area (Å²) in [6.45, 7) is 3.92. The highest BCUT2D eigenvalue weighted by molar-refractivity contribution is 5.66. The van der Waals surface area contributed by atoms with Crippen LogP contribution in [-0.2, 0) is 0 Å². The molecule has 5 heteroatoms. The van der Waals surface area contributed by atoms with Gasteiger partial charge in [-0.15, -0.1) is 6.58 Å². The van der Waals surface area contributed by atoms with Crippen molar-refractivity contribution in [3.8, 4) is 16.9 Å². The fraction of sp³-hybridized carbons (Fsp3) is 0.440. The summed E-state index contributed by atoms with van der Waals surface area (Å²) >= 11 is 0. The van der Waals surface area contributed by atoms with Crippen molar-refractivity contribution >= 4 is 0 Å². The Kier molecular flexibility index (Phi) is 5.90. The Bertz CT molecular complexity index is 908. The van der Waals surface area contributed by atoms with Gasteiger partial charge in [0.2, 0.25) is 0 Å². The first-order valence-electron chi connectivity index (χ1n) is 10.6. The van der Waals surface area contributed by atoms with Crippen LogP contribution in [0.2, 0.25) is 0 Å². The summed E-state index contributed by atoms with van der Waals surface area (Å²) in [6, 6.07) is 4.45. The van der Waals surface area contributed by atoms with Crippen molar-refractivity contribution in [2.45, 2.75) is 44.4 Å². The molecule has 4 unspecified atom stereocenters. The lowest BCUT2D eigenvalue weighted by Gasteiger charge is -2.41. The van der Waals surface area contributed by atoms with Crippen LogP contribution < -0.4 is 4.74 Å². The lowest BCUT2D eigenvalue weighted by Crippen LogP contribution is -2.30. The van der Waals surface area contributed by atoms with Gasteiger partial charge < -0.3 is 4.74 Å². The summed E-state index contributed by atoms with van der Waals surface area (Å²) in [4.78, 5) is 0. The van der Waals surface area contributed by atoms with Crippen LogP contribution >= 0.6 is 0 Å². The van der Waals surface area contributed by atoms with Crippen LogP contribution in [0.3, 0.4) is 0 Å². The van der Waals surface area contributed by atoms with Gasteiger partial charge in [0.25, 0.3) is 0 Å². The van der Waals surface area contributed by atoms with Crippen molar-refractivity contribution in [3.63, 3.8) is 0 Å². The minimum Gasteiger partial charge on any atom is -0.491 e. The molecule has 2 aromatic rings. The molecule has 0 heterocycles. The van der Waals surface area contributed by atoms with Gasteiger partial charge in [-0.25, -0.2) is 17.6 Å². The zero-order valence-corrected chi connectivity index (χ0v) is 17.1. The molecule has 2 aliphatic carbocycles. The highest BCUT2D eigenvalue weighted by atomic mass is 19.1. The first-order chi connectivity index (χ1) is 14.4. The van der Waals surface area contributed by atoms with Gasteiger partial charge >= 0.3 is 0 Å². The van der Waals surface area contributed by atoms with Gasteiger partial charge in [0.05, 0.1) is 12.7 Å². The predicted octanol–water partition coefficient (Wildman–Crippen LogP) is 7.40. The molecular formula is C25H26F4O. The van der Waals surface area contributed by atoms with Gasteiger partial charge in [-0.05, 0) is 97.6 Å². The van der Waals surface area contributed by atoms with E-state index in [1.54, 1.807) is 0 Å². The van der Waals surface area contributed by atoms with Crippen molar-refractivity contribution in [2.75, 3.05) is 7.11 Å². The number of hydrogen-bond donors (Lipinski definition) is 0. The second-order valence-corrected chi connectivity index (χ2v) is 8.67.